The van der Waals surface area contributed by atoms with Crippen LogP contribution in [-0.2, 0) is 4.79 Å². The van der Waals surface area contributed by atoms with E-state index in [2.05, 4.69) is 15.4 Å². The molecule has 1 N–H and O–H groups in total. The highest BCUT2D eigenvalue weighted by atomic mass is 35.5. The van der Waals surface area contributed by atoms with Crippen LogP contribution in [0.3, 0.4) is 0 Å². The van der Waals surface area contributed by atoms with Crippen molar-refractivity contribution in [1.82, 2.24) is 14.8 Å². The molecule has 0 unspecified atom stereocenters. The summed E-state index contributed by atoms with van der Waals surface area (Å²) in [6, 6.07) is 17.6. The van der Waals surface area contributed by atoms with Gasteiger partial charge in [0.1, 0.15) is 11.9 Å². The average Bonchev–Trinajstić information content (AvgIpc) is 3.07. The number of ketones is 1. The lowest BCUT2D eigenvalue weighted by Crippen LogP contribution is -2.33. The number of nitrogens with one attached hydrogen (secondary N) is 1. The van der Waals surface area contributed by atoms with Crippen molar-refractivity contribution < 1.29 is 4.79 Å². The molecular formula is C22H19ClN4O. The topological polar surface area (TPSA) is 59.8 Å². The number of halogens is 1. The molecule has 2 aliphatic rings. The van der Waals surface area contributed by atoms with Gasteiger partial charge in [-0.25, -0.2) is 4.68 Å². The minimum absolute atomic E-state index is 0.128. The summed E-state index contributed by atoms with van der Waals surface area (Å²) in [5.41, 5.74) is 3.92. The monoisotopic (exact) mass is 390 g/mol. The number of Topliss-reactive ketones (excluding diaryl/α,β-unsaturated/α-hetero) is 1. The summed E-state index contributed by atoms with van der Waals surface area (Å²) in [6.07, 6.45) is 1.24. The minimum Gasteiger partial charge on any atom is -0.328 e. The van der Waals surface area contributed by atoms with Crippen LogP contribution in [0.1, 0.15) is 41.8 Å². The van der Waals surface area contributed by atoms with Crippen molar-refractivity contribution in [2.75, 3.05) is 5.32 Å². The van der Waals surface area contributed by atoms with Crippen molar-refractivity contribution in [3.63, 3.8) is 0 Å². The van der Waals surface area contributed by atoms with Crippen LogP contribution in [0.15, 0.2) is 65.9 Å². The molecule has 2 aromatic carbocycles. The van der Waals surface area contributed by atoms with Crippen molar-refractivity contribution in [3.8, 4) is 0 Å². The lowest BCUT2D eigenvalue weighted by molar-refractivity contribution is -0.116. The Morgan fingerprint density at radius 3 is 2.54 bits per heavy atom. The maximum Gasteiger partial charge on any atom is 0.226 e. The molecule has 0 fully saturated rings. The highest BCUT2D eigenvalue weighted by Crippen LogP contribution is 2.44. The predicted molar refractivity (Wildman–Crippen MR) is 108 cm³/mol. The fourth-order valence-corrected chi connectivity index (χ4v) is 4.36. The minimum atomic E-state index is -0.243. The zero-order valence-electron chi connectivity index (χ0n) is 15.4. The number of nitrogens with zero attached hydrogens (tertiary/aromatic N) is 3. The maximum absolute atomic E-state index is 13.3. The van der Waals surface area contributed by atoms with E-state index in [4.69, 9.17) is 11.6 Å². The summed E-state index contributed by atoms with van der Waals surface area (Å²) in [5, 5.41) is 8.65. The number of hydrogen-bond acceptors (Lipinski definition) is 4. The third-order valence-corrected chi connectivity index (χ3v) is 5.73. The molecule has 140 valence electrons. The van der Waals surface area contributed by atoms with E-state index in [0.717, 1.165) is 28.8 Å². The highest BCUT2D eigenvalue weighted by Gasteiger charge is 2.39. The zero-order valence-corrected chi connectivity index (χ0v) is 16.1. The fraction of sp³-hybridized carbons (Fsp3) is 0.227. The molecule has 0 amide bonds. The first-order valence-corrected chi connectivity index (χ1v) is 9.75. The van der Waals surface area contributed by atoms with Crippen molar-refractivity contribution in [3.05, 3.63) is 87.8 Å². The summed E-state index contributed by atoms with van der Waals surface area (Å²) in [5.74, 6) is 1.66. The Morgan fingerprint density at radius 1 is 1.04 bits per heavy atom. The van der Waals surface area contributed by atoms with Crippen LogP contribution in [-0.4, -0.2) is 20.5 Å². The molecule has 0 bridgehead atoms. The molecule has 1 aliphatic carbocycles. The summed E-state index contributed by atoms with van der Waals surface area (Å²) in [6.45, 7) is 1.87. The Kier molecular flexibility index (Phi) is 4.05. The van der Waals surface area contributed by atoms with Crippen LogP contribution in [0, 0.1) is 6.92 Å². The quantitative estimate of drug-likeness (QED) is 0.691. The maximum atomic E-state index is 13.3. The number of fused-ring (bicyclic) bond motifs is 1. The lowest BCUT2D eigenvalue weighted by atomic mass is 9.78. The largest absolute Gasteiger partial charge is 0.328 e. The van der Waals surface area contributed by atoms with Gasteiger partial charge in [-0.1, -0.05) is 54.1 Å². The second-order valence-corrected chi connectivity index (χ2v) is 7.77. The van der Waals surface area contributed by atoms with E-state index in [0.29, 0.717) is 23.2 Å². The number of aryl methyl sites for hydroxylation is 1. The van der Waals surface area contributed by atoms with E-state index in [-0.39, 0.29) is 17.7 Å². The van der Waals surface area contributed by atoms with Crippen molar-refractivity contribution in [2.45, 2.75) is 31.7 Å². The third kappa shape index (κ3) is 2.83. The average molecular weight is 391 g/mol. The summed E-state index contributed by atoms with van der Waals surface area (Å²) < 4.78 is 1.84. The second-order valence-electron chi connectivity index (χ2n) is 7.34. The lowest BCUT2D eigenvalue weighted by Gasteiger charge is -2.35. The first-order chi connectivity index (χ1) is 13.6. The van der Waals surface area contributed by atoms with Gasteiger partial charge in [0.15, 0.2) is 5.78 Å². The molecule has 3 aromatic rings. The van der Waals surface area contributed by atoms with Gasteiger partial charge in [0.25, 0.3) is 0 Å². The van der Waals surface area contributed by atoms with E-state index in [1.54, 1.807) is 0 Å². The molecule has 1 aromatic heterocycles. The Morgan fingerprint density at radius 2 is 1.79 bits per heavy atom. The highest BCUT2D eigenvalue weighted by molar-refractivity contribution is 6.30. The molecule has 2 heterocycles. The zero-order chi connectivity index (χ0) is 19.3. The molecule has 0 saturated carbocycles. The van der Waals surface area contributed by atoms with Crippen LogP contribution < -0.4 is 5.32 Å². The first kappa shape index (κ1) is 17.2. The first-order valence-electron chi connectivity index (χ1n) is 9.37. The second kappa shape index (κ2) is 6.60. The van der Waals surface area contributed by atoms with Gasteiger partial charge < -0.3 is 5.32 Å². The van der Waals surface area contributed by atoms with E-state index in [1.165, 1.54) is 0 Å². The van der Waals surface area contributed by atoms with Crippen molar-refractivity contribution in [2.24, 2.45) is 0 Å². The van der Waals surface area contributed by atoms with Crippen LogP contribution in [0.5, 0.6) is 0 Å². The van der Waals surface area contributed by atoms with Gasteiger partial charge in [-0.15, -0.1) is 0 Å². The number of anilines is 1. The molecule has 0 saturated heterocycles. The Hall–Kier alpha value is -2.92. The number of hydrogen-bond donors (Lipinski definition) is 1. The number of aromatic nitrogens is 3. The molecule has 0 spiro atoms. The van der Waals surface area contributed by atoms with Gasteiger partial charge >= 0.3 is 0 Å². The number of benzene rings is 2. The standard InChI is InChI=1S/C22H19ClN4O/c1-13-24-22-25-18-11-16(14-7-9-17(23)10-8-14)12-19(28)20(18)21(27(22)26-13)15-5-3-2-4-6-15/h2-10,16,21H,11-12H2,1H3,(H,24,25,26)/t16-,21+/m0/s1. The van der Waals surface area contributed by atoms with Gasteiger partial charge in [0.05, 0.1) is 0 Å². The molecule has 5 rings (SSSR count). The Labute approximate surface area is 168 Å². The molecule has 2 atom stereocenters. The predicted octanol–water partition coefficient (Wildman–Crippen LogP) is 4.66. The van der Waals surface area contributed by atoms with E-state index < -0.39 is 0 Å². The van der Waals surface area contributed by atoms with Gasteiger partial charge in [-0.3, -0.25) is 4.79 Å². The molecule has 6 heteroatoms. The van der Waals surface area contributed by atoms with Gasteiger partial charge in [0, 0.05) is 22.7 Å². The van der Waals surface area contributed by atoms with Gasteiger partial charge in [0.2, 0.25) is 5.95 Å². The summed E-state index contributed by atoms with van der Waals surface area (Å²) >= 11 is 6.03. The van der Waals surface area contributed by atoms with Crippen molar-refractivity contribution >= 4 is 23.3 Å². The van der Waals surface area contributed by atoms with Crippen LogP contribution in [0.2, 0.25) is 5.02 Å². The van der Waals surface area contributed by atoms with Crippen LogP contribution in [0.4, 0.5) is 5.95 Å². The Bertz CT molecular complexity index is 1090. The van der Waals surface area contributed by atoms with E-state index in [1.807, 2.05) is 66.2 Å². The van der Waals surface area contributed by atoms with Gasteiger partial charge in [-0.2, -0.15) is 10.1 Å². The number of carbonyl (C=O) groups excluding carboxylic acids is 1. The fourth-order valence-electron chi connectivity index (χ4n) is 4.23. The molecule has 28 heavy (non-hydrogen) atoms. The van der Waals surface area contributed by atoms with Gasteiger partial charge in [-0.05, 0) is 42.5 Å². The number of rotatable bonds is 2. The third-order valence-electron chi connectivity index (χ3n) is 5.48. The molecule has 0 radical (unpaired) electrons. The normalized spacial score (nSPS) is 21.1. The number of carbonyl (C=O) groups is 1. The van der Waals surface area contributed by atoms with Crippen molar-refractivity contribution in [1.29, 1.82) is 0 Å². The number of allylic oxidation sites excluding steroid dienone is 2. The van der Waals surface area contributed by atoms with E-state index >= 15 is 0 Å². The summed E-state index contributed by atoms with van der Waals surface area (Å²) in [4.78, 5) is 17.8. The van der Waals surface area contributed by atoms with Crippen LogP contribution >= 0.6 is 11.6 Å². The molecule has 1 aliphatic heterocycles. The SMILES string of the molecule is Cc1nc2n(n1)[C@H](c1ccccc1)C1=C(C[C@H](c3ccc(Cl)cc3)CC1=O)N2. The summed E-state index contributed by atoms with van der Waals surface area (Å²) in [7, 11) is 0. The smallest absolute Gasteiger partial charge is 0.226 e. The molecular weight excluding hydrogens is 372 g/mol. The van der Waals surface area contributed by atoms with E-state index in [9.17, 15) is 4.79 Å². The Balaban J connectivity index is 1.60. The molecule has 5 nitrogen and oxygen atoms in total. The van der Waals surface area contributed by atoms with Crippen LogP contribution in [0.25, 0.3) is 0 Å².